The van der Waals surface area contributed by atoms with E-state index in [-0.39, 0.29) is 25.2 Å². The molecule has 4 heteroatoms. The first-order valence-corrected chi connectivity index (χ1v) is 22.4. The first kappa shape index (κ1) is 17.8. The molecule has 0 fully saturated rings. The molecular weight excluding hydrogens is 809 g/mol. The van der Waals surface area contributed by atoms with E-state index in [1.165, 1.54) is 48.5 Å². The third-order valence-corrected chi connectivity index (χ3v) is 16.8. The first-order chi connectivity index (χ1) is 44.3. The maximum atomic E-state index is 11.0. The highest BCUT2D eigenvalue weighted by molar-refractivity contribution is 7.26. The summed E-state index contributed by atoms with van der Waals surface area (Å²) < 4.78 is 284. The number of rotatable bonds is 7. The van der Waals surface area contributed by atoms with Gasteiger partial charge in [-0.1, -0.05) is 200 Å². The van der Waals surface area contributed by atoms with Crippen LogP contribution in [0.3, 0.4) is 0 Å². The van der Waals surface area contributed by atoms with Crippen LogP contribution in [0, 0.1) is 0 Å². The van der Waals surface area contributed by atoms with Gasteiger partial charge in [-0.05, 0) is 74.2 Å². The van der Waals surface area contributed by atoms with Gasteiger partial charge in [0.1, 0.15) is 0 Å². The number of benzene rings is 10. The maximum absolute atomic E-state index is 11.0. The quantitative estimate of drug-likeness (QED) is 0.112. The molecule has 0 saturated carbocycles. The molecule has 64 heavy (non-hydrogen) atoms. The van der Waals surface area contributed by atoms with Crippen LogP contribution in [0.2, 0.25) is 0 Å². The predicted molar refractivity (Wildman–Crippen MR) is 277 cm³/mol. The van der Waals surface area contributed by atoms with Gasteiger partial charge in [-0.2, -0.15) is 0 Å². The molecule has 0 amide bonds. The fraction of sp³-hybridized carbons (Fsp3) is 0. The number of nitrogens with zero attached hydrogens (tertiary/aromatic N) is 2. The number of fused-ring (bicyclic) bond motifs is 10. The average molecular weight is 879 g/mol. The van der Waals surface area contributed by atoms with E-state index in [1.54, 1.807) is 12.1 Å². The van der Waals surface area contributed by atoms with Crippen LogP contribution >= 0.6 is 11.3 Å². The minimum atomic E-state index is -5.24. The maximum Gasteiger partial charge on any atom is 0.179 e. The lowest BCUT2D eigenvalue weighted by Crippen LogP contribution is -2.74. The third-order valence-electron chi connectivity index (χ3n) is 11.3. The van der Waals surface area contributed by atoms with Gasteiger partial charge in [0.15, 0.2) is 8.07 Å². The Kier molecular flexibility index (Phi) is 4.08. The number of hydrogen-bond donors (Lipinski definition) is 0. The van der Waals surface area contributed by atoms with E-state index >= 15 is 0 Å². The van der Waals surface area contributed by atoms with E-state index in [1.807, 2.05) is 0 Å². The summed E-state index contributed by atoms with van der Waals surface area (Å²) in [7, 11) is -5.24. The Morgan fingerprint density at radius 3 is 1.56 bits per heavy atom. The SMILES string of the molecule is [2H]c1c([2H])c([2H])c(-c2c([2H])c([2H])c([2H])c([Si](c3ccccc3)(c3ccccc3)c3c([2H])c([2H])c([2H])c(-n4c5c([2H])c([2H])c([2H])c([2H])c5c5c([2H])c(-n6c7c([2H])c([2H])c([2H])c([2H])c7c7c([2H])c([2H])c([2H])c([2H])c76)c6sc7c([2H])c([2H])c([2H])c([2H])c7c6c54)c3[2H])c2[2H])c([2H])c1[2H]. The Bertz CT molecular complexity index is 5540. The summed E-state index contributed by atoms with van der Waals surface area (Å²) in [6.45, 7) is 0. The summed E-state index contributed by atoms with van der Waals surface area (Å²) in [5.74, 6) is 0. The van der Waals surface area contributed by atoms with Gasteiger partial charge in [-0.3, -0.25) is 0 Å². The van der Waals surface area contributed by atoms with Crippen molar-refractivity contribution in [3.8, 4) is 22.5 Å². The summed E-state index contributed by atoms with van der Waals surface area (Å²) >= 11 is 0.576. The van der Waals surface area contributed by atoms with Gasteiger partial charge in [-0.15, -0.1) is 11.3 Å². The zero-order chi connectivity index (χ0) is 68.3. The molecule has 0 atom stereocenters. The number of para-hydroxylation sites is 3. The van der Waals surface area contributed by atoms with Gasteiger partial charge in [-0.25, -0.2) is 0 Å². The van der Waals surface area contributed by atoms with Crippen LogP contribution in [-0.4, -0.2) is 17.2 Å². The Morgan fingerprint density at radius 2 is 0.906 bits per heavy atom. The van der Waals surface area contributed by atoms with Gasteiger partial charge in [0.05, 0.1) is 73.6 Å². The van der Waals surface area contributed by atoms with Crippen LogP contribution in [0.15, 0.2) is 242 Å². The van der Waals surface area contributed by atoms with Crippen molar-refractivity contribution < 1.29 is 41.1 Å². The van der Waals surface area contributed by atoms with Gasteiger partial charge >= 0.3 is 0 Å². The molecule has 10 aromatic carbocycles. The van der Waals surface area contributed by atoms with Crippen LogP contribution in [0.4, 0.5) is 0 Å². The molecule has 0 aliphatic rings. The Balaban J connectivity index is 1.34. The minimum absolute atomic E-state index is 0.101. The van der Waals surface area contributed by atoms with Crippen LogP contribution in [0.5, 0.6) is 0 Å². The summed E-state index contributed by atoms with van der Waals surface area (Å²) in [6, 6.07) is -10.8. The van der Waals surface area contributed by atoms with Crippen molar-refractivity contribution in [1.82, 2.24) is 9.13 Å². The van der Waals surface area contributed by atoms with E-state index in [0.29, 0.717) is 11.3 Å². The molecule has 0 radical (unpaired) electrons. The Labute approximate surface area is 418 Å². The molecule has 13 rings (SSSR count). The van der Waals surface area contributed by atoms with E-state index in [2.05, 4.69) is 0 Å². The molecule has 0 unspecified atom stereocenters. The Morgan fingerprint density at radius 1 is 0.391 bits per heavy atom. The van der Waals surface area contributed by atoms with Crippen molar-refractivity contribution in [2.24, 2.45) is 0 Å². The molecule has 3 aromatic heterocycles. The van der Waals surface area contributed by atoms with Gasteiger partial charge in [0.25, 0.3) is 0 Å². The van der Waals surface area contributed by atoms with Crippen molar-refractivity contribution in [3.63, 3.8) is 0 Å². The second kappa shape index (κ2) is 14.7. The smallest absolute Gasteiger partial charge is 0.179 e. The van der Waals surface area contributed by atoms with Crippen molar-refractivity contribution >= 4 is 104 Å². The molecule has 300 valence electrons. The van der Waals surface area contributed by atoms with Crippen molar-refractivity contribution in [1.29, 1.82) is 0 Å². The second-order valence-corrected chi connectivity index (χ2v) is 19.2. The number of hydrogen-bond acceptors (Lipinski definition) is 1. The van der Waals surface area contributed by atoms with Crippen LogP contribution in [-0.2, 0) is 0 Å². The monoisotopic (exact) mass is 878 g/mol. The predicted octanol–water partition coefficient (Wildman–Crippen LogP) is 13.3. The lowest BCUT2D eigenvalue weighted by Gasteiger charge is -2.35. The van der Waals surface area contributed by atoms with E-state index in [9.17, 15) is 26.0 Å². The summed E-state index contributed by atoms with van der Waals surface area (Å²) in [5.41, 5.74) is -5.02. The molecule has 3 heterocycles. The highest BCUT2D eigenvalue weighted by Gasteiger charge is 2.42. The van der Waals surface area contributed by atoms with E-state index in [0.717, 1.165) is 9.13 Å². The highest BCUT2D eigenvalue weighted by atomic mass is 32.1. The molecule has 0 aliphatic carbocycles. The fourth-order valence-corrected chi connectivity index (χ4v) is 14.0. The minimum Gasteiger partial charge on any atom is -0.309 e. The zero-order valence-corrected chi connectivity index (χ0v) is 34.4. The van der Waals surface area contributed by atoms with Gasteiger partial charge in [0, 0.05) is 42.7 Å². The lowest BCUT2D eigenvalue weighted by atomic mass is 10.1. The number of aromatic nitrogens is 2. The van der Waals surface area contributed by atoms with Gasteiger partial charge in [0.2, 0.25) is 0 Å². The second-order valence-electron chi connectivity index (χ2n) is 14.5. The van der Waals surface area contributed by atoms with E-state index < -0.39 is 271 Å². The van der Waals surface area contributed by atoms with E-state index in [4.69, 9.17) is 15.1 Å². The van der Waals surface area contributed by atoms with Crippen LogP contribution in [0.1, 0.15) is 41.1 Å². The van der Waals surface area contributed by atoms with Crippen molar-refractivity contribution in [2.45, 2.75) is 0 Å². The highest BCUT2D eigenvalue weighted by Crippen LogP contribution is 2.47. The molecule has 0 spiro atoms. The average Bonchev–Trinajstić information content (AvgIpc) is 1.36. The Hall–Kier alpha value is -7.76. The van der Waals surface area contributed by atoms with Gasteiger partial charge < -0.3 is 9.13 Å². The summed E-state index contributed by atoms with van der Waals surface area (Å²) in [6.07, 6.45) is 0. The van der Waals surface area contributed by atoms with Crippen LogP contribution < -0.4 is 20.7 Å². The normalized spacial score (nSPS) is 18.6. The largest absolute Gasteiger partial charge is 0.309 e. The fourth-order valence-electron chi connectivity index (χ4n) is 8.68. The molecule has 0 aliphatic heterocycles. The topological polar surface area (TPSA) is 9.86 Å². The van der Waals surface area contributed by atoms with Crippen molar-refractivity contribution in [2.75, 3.05) is 0 Å². The summed E-state index contributed by atoms with van der Waals surface area (Å²) in [4.78, 5) is 0. The van der Waals surface area contributed by atoms with Crippen LogP contribution in [0.25, 0.3) is 86.3 Å². The lowest BCUT2D eigenvalue weighted by molar-refractivity contribution is 1.18. The first-order valence-electron chi connectivity index (χ1n) is 34.6. The zero-order valence-electron chi connectivity index (χ0n) is 62.6. The molecule has 0 saturated heterocycles. The summed E-state index contributed by atoms with van der Waals surface area (Å²) in [5, 5.41) is -3.73. The third kappa shape index (κ3) is 5.43. The molecule has 13 aromatic rings. The van der Waals surface area contributed by atoms with Crippen molar-refractivity contribution in [3.05, 3.63) is 242 Å². The standard InChI is InChI=1S/C60H40N2SSi/c1-4-20-41(21-5-1)42-22-18-28-46(38-42)64(44-24-6-2-7-25-44,45-26-8-3-9-27-45)47-29-19-23-43(39-47)61-53-34-14-12-32-50(53)52-40-56(60-58(59(52)61)51-33-13-17-37-57(51)63-60)62-54-35-15-10-30-48(54)49-31-11-16-36-55(49)62/h1-40H/i1D,4D,5D,10D,11D,12D,13D,14D,15D,16D,17D,18D,19D,20D,21D,22D,23D,28D,29D,30D,31D,32D,33D,34D,35D,36D,37D,38D,39D,40D. The molecule has 0 N–H and O–H groups in total. The number of thiophene rings is 1. The molecular formula is C60H40N2SSi. The molecule has 2 nitrogen and oxygen atoms in total. The molecule has 0 bridgehead atoms.